The van der Waals surface area contributed by atoms with Crippen molar-refractivity contribution >= 4 is 37.5 Å². The molecule has 86 valence electrons. The van der Waals surface area contributed by atoms with Gasteiger partial charge >= 0.3 is 0 Å². The van der Waals surface area contributed by atoms with Crippen LogP contribution in [0.1, 0.15) is 12.8 Å². The molecular formula is C10H10BrNO3S. The number of anilines is 1. The molecule has 0 bridgehead atoms. The number of carbonyl (C=O) groups is 1. The Morgan fingerprint density at radius 1 is 1.19 bits per heavy atom. The van der Waals surface area contributed by atoms with Crippen molar-refractivity contribution in [1.29, 1.82) is 0 Å². The first-order valence-corrected chi connectivity index (χ1v) is 7.22. The zero-order valence-corrected chi connectivity index (χ0v) is 10.8. The first kappa shape index (κ1) is 11.6. The molecule has 0 atom stereocenters. The Bertz CT molecular complexity index is 509. The van der Waals surface area contributed by atoms with Crippen LogP contribution in [0.4, 0.5) is 5.69 Å². The average molecular weight is 304 g/mol. The van der Waals surface area contributed by atoms with Crippen LogP contribution >= 0.6 is 15.9 Å². The summed E-state index contributed by atoms with van der Waals surface area (Å²) in [7, 11) is -3.47. The molecule has 1 amide bonds. The summed E-state index contributed by atoms with van der Waals surface area (Å²) in [6, 6.07) is 6.66. The molecule has 0 N–H and O–H groups in total. The van der Waals surface area contributed by atoms with E-state index in [0.29, 0.717) is 12.1 Å². The first-order valence-electron chi connectivity index (χ1n) is 4.82. The van der Waals surface area contributed by atoms with Gasteiger partial charge in [0.15, 0.2) is 0 Å². The minimum absolute atomic E-state index is 0.0365. The smallest absolute Gasteiger partial charge is 0.241 e. The van der Waals surface area contributed by atoms with Crippen LogP contribution in [-0.4, -0.2) is 20.1 Å². The van der Waals surface area contributed by atoms with E-state index in [2.05, 4.69) is 15.9 Å². The molecule has 0 aliphatic carbocycles. The largest absolute Gasteiger partial charge is 0.273 e. The van der Waals surface area contributed by atoms with E-state index in [-0.39, 0.29) is 18.1 Å². The maximum absolute atomic E-state index is 11.8. The molecular weight excluding hydrogens is 294 g/mol. The van der Waals surface area contributed by atoms with Gasteiger partial charge in [0.05, 0.1) is 11.4 Å². The molecule has 0 radical (unpaired) electrons. The van der Waals surface area contributed by atoms with Crippen LogP contribution < -0.4 is 4.31 Å². The second kappa shape index (κ2) is 4.18. The van der Waals surface area contributed by atoms with Crippen molar-refractivity contribution in [2.24, 2.45) is 0 Å². The number of nitrogens with zero attached hydrogens (tertiary/aromatic N) is 1. The van der Waals surface area contributed by atoms with Gasteiger partial charge in [0.2, 0.25) is 15.9 Å². The monoisotopic (exact) mass is 303 g/mol. The van der Waals surface area contributed by atoms with E-state index >= 15 is 0 Å². The van der Waals surface area contributed by atoms with Gasteiger partial charge in [0.25, 0.3) is 0 Å². The molecule has 1 aliphatic rings. The Kier molecular flexibility index (Phi) is 3.03. The van der Waals surface area contributed by atoms with E-state index in [1.165, 1.54) is 0 Å². The van der Waals surface area contributed by atoms with Crippen molar-refractivity contribution in [2.45, 2.75) is 12.8 Å². The lowest BCUT2D eigenvalue weighted by molar-refractivity contribution is -0.117. The number of hydrogen-bond acceptors (Lipinski definition) is 3. The highest BCUT2D eigenvalue weighted by Crippen LogP contribution is 2.25. The van der Waals surface area contributed by atoms with Crippen molar-refractivity contribution in [3.05, 3.63) is 28.7 Å². The zero-order valence-electron chi connectivity index (χ0n) is 8.39. The van der Waals surface area contributed by atoms with E-state index in [9.17, 15) is 13.2 Å². The third kappa shape index (κ3) is 2.12. The molecule has 1 aliphatic heterocycles. The Morgan fingerprint density at radius 2 is 1.81 bits per heavy atom. The number of halogens is 1. The van der Waals surface area contributed by atoms with Crippen LogP contribution in [0.25, 0.3) is 0 Å². The van der Waals surface area contributed by atoms with Gasteiger partial charge in [-0.1, -0.05) is 15.9 Å². The topological polar surface area (TPSA) is 54.5 Å². The highest BCUT2D eigenvalue weighted by atomic mass is 79.9. The second-order valence-electron chi connectivity index (χ2n) is 3.55. The molecule has 0 aromatic heterocycles. The maximum atomic E-state index is 11.8. The molecule has 4 nitrogen and oxygen atoms in total. The third-order valence-corrected chi connectivity index (χ3v) is 4.66. The van der Waals surface area contributed by atoms with Gasteiger partial charge in [-0.15, -0.1) is 0 Å². The fraction of sp³-hybridized carbons (Fsp3) is 0.300. The number of sulfonamides is 1. The molecule has 0 unspecified atom stereocenters. The van der Waals surface area contributed by atoms with Crippen LogP contribution in [-0.2, 0) is 14.8 Å². The van der Waals surface area contributed by atoms with Crippen molar-refractivity contribution in [3.8, 4) is 0 Å². The standard InChI is InChI=1S/C10H10BrNO3S/c11-8-3-5-9(6-4-8)12-10(13)2-1-7-16(12,14)15/h3-6H,1-2,7H2. The summed E-state index contributed by atoms with van der Waals surface area (Å²) < 4.78 is 25.3. The summed E-state index contributed by atoms with van der Waals surface area (Å²) >= 11 is 3.26. The molecule has 1 aromatic carbocycles. The Labute approximate surface area is 102 Å². The lowest BCUT2D eigenvalue weighted by atomic mass is 10.3. The Hall–Kier alpha value is -0.880. The molecule has 1 saturated heterocycles. The zero-order chi connectivity index (χ0) is 11.8. The average Bonchev–Trinajstić information content (AvgIpc) is 2.19. The molecule has 0 saturated carbocycles. The summed E-state index contributed by atoms with van der Waals surface area (Å²) in [6.07, 6.45) is 0.698. The molecule has 2 rings (SSSR count). The van der Waals surface area contributed by atoms with E-state index in [4.69, 9.17) is 0 Å². The summed E-state index contributed by atoms with van der Waals surface area (Å²) in [4.78, 5) is 11.6. The number of hydrogen-bond donors (Lipinski definition) is 0. The van der Waals surface area contributed by atoms with E-state index in [1.807, 2.05) is 0 Å². The highest BCUT2D eigenvalue weighted by Gasteiger charge is 2.32. The van der Waals surface area contributed by atoms with Crippen molar-refractivity contribution in [3.63, 3.8) is 0 Å². The quantitative estimate of drug-likeness (QED) is 0.796. The fourth-order valence-corrected chi connectivity index (χ4v) is 3.44. The van der Waals surface area contributed by atoms with Crippen molar-refractivity contribution < 1.29 is 13.2 Å². The summed E-state index contributed by atoms with van der Waals surface area (Å²) in [5.74, 6) is -0.317. The lowest BCUT2D eigenvalue weighted by Crippen LogP contribution is -2.42. The summed E-state index contributed by atoms with van der Waals surface area (Å²) in [5.41, 5.74) is 0.410. The van der Waals surface area contributed by atoms with Gasteiger partial charge in [0, 0.05) is 10.9 Å². The van der Waals surface area contributed by atoms with Gasteiger partial charge in [-0.05, 0) is 30.7 Å². The highest BCUT2D eigenvalue weighted by molar-refractivity contribution is 9.10. The molecule has 6 heteroatoms. The van der Waals surface area contributed by atoms with E-state index < -0.39 is 10.0 Å². The molecule has 16 heavy (non-hydrogen) atoms. The lowest BCUT2D eigenvalue weighted by Gasteiger charge is -2.26. The van der Waals surface area contributed by atoms with Crippen LogP contribution in [0.5, 0.6) is 0 Å². The van der Waals surface area contributed by atoms with E-state index in [1.54, 1.807) is 24.3 Å². The van der Waals surface area contributed by atoms with Crippen molar-refractivity contribution in [1.82, 2.24) is 0 Å². The second-order valence-corrected chi connectivity index (χ2v) is 6.41. The minimum Gasteiger partial charge on any atom is -0.273 e. The normalized spacial score (nSPS) is 19.8. The fourth-order valence-electron chi connectivity index (χ4n) is 1.63. The number of carbonyl (C=O) groups excluding carboxylic acids is 1. The van der Waals surface area contributed by atoms with Gasteiger partial charge in [-0.2, -0.15) is 0 Å². The van der Waals surface area contributed by atoms with Crippen LogP contribution in [0, 0.1) is 0 Å². The number of amides is 1. The van der Waals surface area contributed by atoms with Gasteiger partial charge in [-0.25, -0.2) is 12.7 Å². The SMILES string of the molecule is O=C1CCCS(=O)(=O)N1c1ccc(Br)cc1. The number of rotatable bonds is 1. The Morgan fingerprint density at radius 3 is 2.38 bits per heavy atom. The summed E-state index contributed by atoms with van der Waals surface area (Å²) in [6.45, 7) is 0. The van der Waals surface area contributed by atoms with E-state index in [0.717, 1.165) is 8.78 Å². The molecule has 1 heterocycles. The summed E-state index contributed by atoms with van der Waals surface area (Å²) in [5, 5.41) is 0. The van der Waals surface area contributed by atoms with Crippen LogP contribution in [0.3, 0.4) is 0 Å². The minimum atomic E-state index is -3.47. The van der Waals surface area contributed by atoms with Crippen LogP contribution in [0.2, 0.25) is 0 Å². The van der Waals surface area contributed by atoms with Gasteiger partial charge in [0.1, 0.15) is 0 Å². The molecule has 0 spiro atoms. The maximum Gasteiger partial charge on any atom is 0.241 e. The Balaban J connectivity index is 2.44. The third-order valence-electron chi connectivity index (χ3n) is 2.36. The molecule has 1 aromatic rings. The predicted octanol–water partition coefficient (Wildman–Crippen LogP) is 1.91. The van der Waals surface area contributed by atoms with Crippen LogP contribution in [0.15, 0.2) is 28.7 Å². The van der Waals surface area contributed by atoms with Gasteiger partial charge in [-0.3, -0.25) is 4.79 Å². The predicted molar refractivity (Wildman–Crippen MR) is 64.6 cm³/mol. The molecule has 1 fully saturated rings. The van der Waals surface area contributed by atoms with Gasteiger partial charge < -0.3 is 0 Å². The van der Waals surface area contributed by atoms with Crippen molar-refractivity contribution in [2.75, 3.05) is 10.1 Å². The first-order chi connectivity index (χ1) is 7.50. The number of benzene rings is 1.